The van der Waals surface area contributed by atoms with Crippen LogP contribution >= 0.6 is 11.3 Å². The number of rotatable bonds is 0. The zero-order valence-corrected chi connectivity index (χ0v) is 13.4. The maximum Gasteiger partial charge on any atom is 0.139 e. The fraction of sp³-hybridized carbons (Fsp3) is 0.353. The Morgan fingerprint density at radius 1 is 1.27 bits per heavy atom. The number of anilines is 2. The number of aryl methyl sites for hydroxylation is 1. The average molecular weight is 316 g/mol. The van der Waals surface area contributed by atoms with Gasteiger partial charge in [-0.05, 0) is 32.2 Å². The van der Waals surface area contributed by atoms with Gasteiger partial charge in [-0.15, -0.1) is 11.3 Å². The van der Waals surface area contributed by atoms with E-state index in [9.17, 15) is 0 Å². The predicted molar refractivity (Wildman–Crippen MR) is 94.0 cm³/mol. The van der Waals surface area contributed by atoms with Gasteiger partial charge < -0.3 is 15.1 Å². The number of aliphatic imine (C=N–C) groups is 1. The second-order valence-electron chi connectivity index (χ2n) is 5.41. The predicted octanol–water partition coefficient (Wildman–Crippen LogP) is 3.44. The first-order valence-electron chi connectivity index (χ1n) is 9.22. The molecule has 0 saturated carbocycles. The first-order chi connectivity index (χ1) is 12.2. The minimum Gasteiger partial charge on any atom is -0.353 e. The summed E-state index contributed by atoms with van der Waals surface area (Å²) in [5, 5.41) is 4.37. The van der Waals surface area contributed by atoms with Gasteiger partial charge in [0, 0.05) is 36.4 Å². The first kappa shape index (κ1) is 10.0. The lowest BCUT2D eigenvalue weighted by Crippen LogP contribution is -2.47. The van der Waals surface area contributed by atoms with Gasteiger partial charge in [-0.3, -0.25) is 0 Å². The number of thiophene rings is 1. The first-order valence-corrected chi connectivity index (χ1v) is 8.03. The lowest BCUT2D eigenvalue weighted by atomic mass is 10.2. The van der Waals surface area contributed by atoms with E-state index in [1.807, 2.05) is 37.3 Å². The van der Waals surface area contributed by atoms with Crippen LogP contribution < -0.4 is 5.32 Å². The Bertz CT molecular complexity index is 875. The van der Waals surface area contributed by atoms with Crippen molar-refractivity contribution in [1.82, 2.24) is 9.80 Å². The molecule has 1 aromatic carbocycles. The van der Waals surface area contributed by atoms with Crippen LogP contribution in [0.15, 0.2) is 35.3 Å². The van der Waals surface area contributed by atoms with Gasteiger partial charge in [0.05, 0.1) is 16.9 Å². The number of likely N-dealkylation sites (N-methyl/N-ethyl adjacent to an activating group) is 1. The van der Waals surface area contributed by atoms with Crippen molar-refractivity contribution < 1.29 is 5.48 Å². The Hall–Kier alpha value is -1.85. The van der Waals surface area contributed by atoms with Crippen LogP contribution in [0.25, 0.3) is 0 Å². The summed E-state index contributed by atoms with van der Waals surface area (Å²) in [6.07, 6.45) is 0. The van der Waals surface area contributed by atoms with Crippen molar-refractivity contribution >= 4 is 33.5 Å². The minimum atomic E-state index is -1.80. The van der Waals surface area contributed by atoms with Gasteiger partial charge in [0.15, 0.2) is 0 Å². The number of nitrogens with zero attached hydrogens (tertiary/aromatic N) is 3. The summed E-state index contributed by atoms with van der Waals surface area (Å²) in [6, 6.07) is 9.75. The topological polar surface area (TPSA) is 30.9 Å². The average Bonchev–Trinajstić information content (AvgIpc) is 2.83. The summed E-state index contributed by atoms with van der Waals surface area (Å²) in [4.78, 5) is 8.83. The number of para-hydroxylation sites is 2. The molecule has 0 amide bonds. The third kappa shape index (κ3) is 2.40. The molecule has 0 bridgehead atoms. The molecule has 2 aliphatic rings. The summed E-state index contributed by atoms with van der Waals surface area (Å²) < 4.78 is 33.1. The molecule has 5 heteroatoms. The van der Waals surface area contributed by atoms with Crippen molar-refractivity contribution in [1.29, 1.82) is 0 Å². The monoisotopic (exact) mass is 316 g/mol. The molecular formula is C17H20N4S. The van der Waals surface area contributed by atoms with E-state index < -0.39 is 13.0 Å². The molecule has 4 rings (SSSR count). The van der Waals surface area contributed by atoms with Crippen LogP contribution in [-0.4, -0.2) is 48.8 Å². The van der Waals surface area contributed by atoms with Gasteiger partial charge >= 0.3 is 0 Å². The van der Waals surface area contributed by atoms with Gasteiger partial charge in [0.25, 0.3) is 0 Å². The normalized spacial score (nSPS) is 25.4. The number of fused-ring (bicyclic) bond motifs is 2. The summed E-state index contributed by atoms with van der Waals surface area (Å²) in [5.41, 5.74) is 2.55. The van der Waals surface area contributed by atoms with E-state index in [4.69, 9.17) is 10.5 Å². The van der Waals surface area contributed by atoms with E-state index in [2.05, 4.69) is 5.32 Å². The Morgan fingerprint density at radius 3 is 2.86 bits per heavy atom. The van der Waals surface area contributed by atoms with E-state index in [0.717, 1.165) is 26.8 Å². The highest BCUT2D eigenvalue weighted by molar-refractivity contribution is 7.16. The molecule has 1 fully saturated rings. The van der Waals surface area contributed by atoms with E-state index in [1.54, 1.807) is 16.2 Å². The molecule has 22 heavy (non-hydrogen) atoms. The smallest absolute Gasteiger partial charge is 0.139 e. The number of hydrogen-bond acceptors (Lipinski definition) is 5. The third-order valence-corrected chi connectivity index (χ3v) is 4.74. The van der Waals surface area contributed by atoms with Gasteiger partial charge in [0.1, 0.15) is 10.8 Å². The van der Waals surface area contributed by atoms with Crippen LogP contribution in [0.5, 0.6) is 0 Å². The SMILES string of the molecule is [2H]C1([2H])CN(C2=Nc3ccccc3Nc3sc(C)cc32)CC([2H])([2H])N1C. The fourth-order valence-corrected chi connectivity index (χ4v) is 3.55. The van der Waals surface area contributed by atoms with Crippen molar-refractivity contribution in [2.24, 2.45) is 4.99 Å². The van der Waals surface area contributed by atoms with E-state index in [1.165, 1.54) is 11.9 Å². The van der Waals surface area contributed by atoms with Crippen LogP contribution in [-0.2, 0) is 0 Å². The van der Waals surface area contributed by atoms with Crippen molar-refractivity contribution in [3.05, 3.63) is 40.8 Å². The maximum absolute atomic E-state index is 8.27. The molecule has 0 radical (unpaired) electrons. The van der Waals surface area contributed by atoms with Crippen molar-refractivity contribution in [3.63, 3.8) is 0 Å². The highest BCUT2D eigenvalue weighted by atomic mass is 32.1. The molecule has 1 aromatic heterocycles. The molecule has 2 aromatic rings. The van der Waals surface area contributed by atoms with Crippen molar-refractivity contribution in [2.45, 2.75) is 6.92 Å². The van der Waals surface area contributed by atoms with E-state index in [-0.39, 0.29) is 13.1 Å². The Labute approximate surface area is 140 Å². The molecule has 1 saturated heterocycles. The molecule has 4 nitrogen and oxygen atoms in total. The second kappa shape index (κ2) is 5.41. The summed E-state index contributed by atoms with van der Waals surface area (Å²) >= 11 is 1.62. The lowest BCUT2D eigenvalue weighted by Gasteiger charge is -2.34. The molecule has 0 unspecified atom stereocenters. The molecule has 1 N–H and O–H groups in total. The Morgan fingerprint density at radius 2 is 2.05 bits per heavy atom. The maximum atomic E-state index is 8.27. The van der Waals surface area contributed by atoms with Gasteiger partial charge in [0.2, 0.25) is 0 Å². The summed E-state index contributed by atoms with van der Waals surface area (Å²) in [7, 11) is 1.49. The molecular weight excluding hydrogens is 292 g/mol. The molecule has 3 heterocycles. The van der Waals surface area contributed by atoms with Crippen molar-refractivity contribution in [2.75, 3.05) is 38.4 Å². The summed E-state index contributed by atoms with van der Waals surface area (Å²) in [5.74, 6) is 0.614. The Balaban J connectivity index is 1.85. The third-order valence-electron chi connectivity index (χ3n) is 3.77. The number of hydrogen-bond donors (Lipinski definition) is 1. The number of benzene rings is 1. The fourth-order valence-electron chi connectivity index (χ4n) is 2.63. The molecule has 114 valence electrons. The largest absolute Gasteiger partial charge is 0.353 e. The number of nitrogens with one attached hydrogen (secondary N) is 1. The highest BCUT2D eigenvalue weighted by Crippen LogP contribution is 2.39. The van der Waals surface area contributed by atoms with E-state index >= 15 is 0 Å². The molecule has 0 aliphatic carbocycles. The minimum absolute atomic E-state index is 0.0539. The van der Waals surface area contributed by atoms with Crippen LogP contribution in [0.4, 0.5) is 16.4 Å². The Kier molecular flexibility index (Phi) is 2.46. The number of amidine groups is 1. The van der Waals surface area contributed by atoms with Crippen LogP contribution in [0, 0.1) is 6.92 Å². The van der Waals surface area contributed by atoms with Crippen LogP contribution in [0.1, 0.15) is 15.9 Å². The zero-order valence-electron chi connectivity index (χ0n) is 16.6. The quantitative estimate of drug-likeness (QED) is 0.808. The highest BCUT2D eigenvalue weighted by Gasteiger charge is 2.25. The lowest BCUT2D eigenvalue weighted by molar-refractivity contribution is 0.216. The second-order valence-corrected chi connectivity index (χ2v) is 6.67. The molecule has 2 aliphatic heterocycles. The van der Waals surface area contributed by atoms with Crippen LogP contribution in [0.3, 0.4) is 0 Å². The number of piperazine rings is 1. The molecule has 0 atom stereocenters. The van der Waals surface area contributed by atoms with Gasteiger partial charge in [-0.25, -0.2) is 4.99 Å². The van der Waals surface area contributed by atoms with Gasteiger partial charge in [-0.1, -0.05) is 12.1 Å². The van der Waals surface area contributed by atoms with E-state index in [0.29, 0.717) is 5.84 Å². The van der Waals surface area contributed by atoms with Crippen LogP contribution in [0.2, 0.25) is 0 Å². The van der Waals surface area contributed by atoms with Crippen molar-refractivity contribution in [3.8, 4) is 0 Å². The zero-order chi connectivity index (χ0) is 18.7. The standard InChI is InChI=1S/C17H20N4S/c1-12-11-13-16(21-9-7-20(2)8-10-21)18-14-5-3-4-6-15(14)19-17(13)22-12/h3-6,11,19H,7-10H2,1-2H3/i7D2,8D2. The van der Waals surface area contributed by atoms with Gasteiger partial charge in [-0.2, -0.15) is 0 Å². The summed E-state index contributed by atoms with van der Waals surface area (Å²) in [6.45, 7) is -1.47. The molecule has 0 spiro atoms.